The van der Waals surface area contributed by atoms with Crippen molar-refractivity contribution in [2.45, 2.75) is 27.7 Å². The van der Waals surface area contributed by atoms with Gasteiger partial charge in [0.2, 0.25) is 0 Å². The maximum atomic E-state index is 6.55. The Kier molecular flexibility index (Phi) is 5.98. The molecule has 1 aromatic heterocycles. The van der Waals surface area contributed by atoms with E-state index in [0.717, 1.165) is 10.2 Å². The lowest BCUT2D eigenvalue weighted by Crippen LogP contribution is -1.94. The summed E-state index contributed by atoms with van der Waals surface area (Å²) in [6.07, 6.45) is 0. The summed E-state index contributed by atoms with van der Waals surface area (Å²) in [6, 6.07) is 32.9. The van der Waals surface area contributed by atoms with Gasteiger partial charge in [-0.2, -0.15) is 0 Å². The first-order chi connectivity index (χ1) is 17.8. The summed E-state index contributed by atoms with van der Waals surface area (Å²) in [4.78, 5) is 0. The molecule has 0 aliphatic heterocycles. The van der Waals surface area contributed by atoms with Gasteiger partial charge in [0.25, 0.3) is 0 Å². The average molecular weight is 565 g/mol. The molecule has 0 radical (unpaired) electrons. The van der Waals surface area contributed by atoms with Gasteiger partial charge in [-0.05, 0) is 131 Å². The van der Waals surface area contributed by atoms with Crippen LogP contribution in [0.25, 0.3) is 49.7 Å². The fourth-order valence-electron chi connectivity index (χ4n) is 5.78. The van der Waals surface area contributed by atoms with Crippen LogP contribution >= 0.6 is 27.5 Å². The zero-order valence-electron chi connectivity index (χ0n) is 21.4. The smallest absolute Gasteiger partial charge is 0.0568 e. The molecule has 1 nitrogen and oxygen atoms in total. The first kappa shape index (κ1) is 24.0. The molecule has 1 heterocycles. The number of benzene rings is 5. The maximum Gasteiger partial charge on any atom is 0.0568 e. The minimum absolute atomic E-state index is 0.701. The van der Waals surface area contributed by atoms with E-state index in [1.54, 1.807) is 0 Å². The van der Waals surface area contributed by atoms with Gasteiger partial charge in [-0.1, -0.05) is 60.1 Å². The second kappa shape index (κ2) is 9.20. The first-order valence-corrected chi connectivity index (χ1v) is 13.7. The number of aromatic nitrogens is 1. The fraction of sp³-hybridized carbons (Fsp3) is 0.118. The second-order valence-electron chi connectivity index (χ2n) is 9.93. The number of nitrogens with zero attached hydrogens (tertiary/aromatic N) is 1. The molecule has 0 amide bonds. The number of hydrogen-bond donors (Lipinski definition) is 0. The summed E-state index contributed by atoms with van der Waals surface area (Å²) in [6.45, 7) is 8.77. The molecule has 6 rings (SSSR count). The van der Waals surface area contributed by atoms with Gasteiger partial charge in [-0.15, -0.1) is 0 Å². The van der Waals surface area contributed by atoms with E-state index in [1.807, 2.05) is 12.1 Å². The third-order valence-corrected chi connectivity index (χ3v) is 8.70. The molecule has 182 valence electrons. The van der Waals surface area contributed by atoms with Crippen molar-refractivity contribution < 1.29 is 0 Å². The fourth-order valence-corrected chi connectivity index (χ4v) is 6.20. The quantitative estimate of drug-likeness (QED) is 0.201. The minimum Gasteiger partial charge on any atom is -0.309 e. The molecule has 0 atom stereocenters. The molecular weight excluding hydrogens is 538 g/mol. The first-order valence-electron chi connectivity index (χ1n) is 12.5. The summed E-state index contributed by atoms with van der Waals surface area (Å²) in [5.74, 6) is 0. The number of halogens is 2. The van der Waals surface area contributed by atoms with Crippen LogP contribution in [-0.4, -0.2) is 4.57 Å². The molecule has 0 N–H and O–H groups in total. The molecule has 0 unspecified atom stereocenters. The van der Waals surface area contributed by atoms with Gasteiger partial charge in [-0.3, -0.25) is 0 Å². The Labute approximate surface area is 231 Å². The highest BCUT2D eigenvalue weighted by atomic mass is 79.9. The van der Waals surface area contributed by atoms with Gasteiger partial charge in [0, 0.05) is 20.9 Å². The van der Waals surface area contributed by atoms with E-state index in [9.17, 15) is 0 Å². The highest BCUT2D eigenvalue weighted by Crippen LogP contribution is 2.40. The number of hydrogen-bond acceptors (Lipinski definition) is 0. The molecule has 37 heavy (non-hydrogen) atoms. The molecule has 0 aliphatic rings. The molecule has 0 saturated carbocycles. The van der Waals surface area contributed by atoms with Gasteiger partial charge in [0.1, 0.15) is 0 Å². The lowest BCUT2D eigenvalue weighted by Gasteiger charge is -2.12. The Morgan fingerprint density at radius 1 is 0.568 bits per heavy atom. The van der Waals surface area contributed by atoms with E-state index in [1.165, 1.54) is 66.3 Å². The molecule has 6 aromatic rings. The van der Waals surface area contributed by atoms with E-state index in [-0.39, 0.29) is 0 Å². The Morgan fingerprint density at radius 2 is 1.03 bits per heavy atom. The molecule has 0 spiro atoms. The molecule has 0 aliphatic carbocycles. The van der Waals surface area contributed by atoms with Gasteiger partial charge in [-0.25, -0.2) is 0 Å². The summed E-state index contributed by atoms with van der Waals surface area (Å²) >= 11 is 10.1. The average Bonchev–Trinajstić information content (AvgIpc) is 3.19. The topological polar surface area (TPSA) is 4.93 Å². The Balaban J connectivity index is 1.70. The van der Waals surface area contributed by atoms with E-state index in [2.05, 4.69) is 127 Å². The predicted octanol–water partition coefficient (Wildman–Crippen LogP) is 10.8. The van der Waals surface area contributed by atoms with Crippen LogP contribution in [0.2, 0.25) is 5.02 Å². The van der Waals surface area contributed by atoms with Crippen LogP contribution in [0.1, 0.15) is 22.3 Å². The Hall–Kier alpha value is -3.33. The van der Waals surface area contributed by atoms with Crippen molar-refractivity contribution in [1.82, 2.24) is 4.57 Å². The SMILES string of the molecule is Cc1cccc(C)c1-c1ccc2c(c1)c1cc(-c3c(C)cccc3C)ccc1n2-c1ccc(Br)c(Cl)c1. The third kappa shape index (κ3) is 4.00. The van der Waals surface area contributed by atoms with Crippen LogP contribution in [0.4, 0.5) is 0 Å². The Morgan fingerprint density at radius 3 is 1.46 bits per heavy atom. The minimum atomic E-state index is 0.701. The summed E-state index contributed by atoms with van der Waals surface area (Å²) in [5.41, 5.74) is 13.7. The standard InChI is InChI=1S/C34H27BrClN/c1-20-7-5-8-21(2)33(20)24-11-15-31-27(17-24)28-18-25(34-22(3)9-6-10-23(34)4)12-16-32(28)37(31)26-13-14-29(35)30(36)19-26/h5-19H,1-4H3. The summed E-state index contributed by atoms with van der Waals surface area (Å²) in [5, 5.41) is 3.18. The molecule has 0 bridgehead atoms. The van der Waals surface area contributed by atoms with Crippen molar-refractivity contribution in [3.05, 3.63) is 123 Å². The van der Waals surface area contributed by atoms with Crippen LogP contribution in [0.3, 0.4) is 0 Å². The Bertz CT molecular complexity index is 1690. The van der Waals surface area contributed by atoms with Crippen LogP contribution in [0.15, 0.2) is 95.5 Å². The third-order valence-electron chi connectivity index (χ3n) is 7.47. The van der Waals surface area contributed by atoms with Crippen molar-refractivity contribution in [1.29, 1.82) is 0 Å². The lowest BCUT2D eigenvalue weighted by atomic mass is 9.93. The summed E-state index contributed by atoms with van der Waals surface area (Å²) < 4.78 is 3.22. The number of rotatable bonds is 3. The van der Waals surface area contributed by atoms with Crippen molar-refractivity contribution in [3.63, 3.8) is 0 Å². The highest BCUT2D eigenvalue weighted by Gasteiger charge is 2.17. The summed E-state index contributed by atoms with van der Waals surface area (Å²) in [7, 11) is 0. The van der Waals surface area contributed by atoms with Crippen molar-refractivity contribution >= 4 is 49.3 Å². The molecule has 3 heteroatoms. The van der Waals surface area contributed by atoms with Gasteiger partial charge in [0.15, 0.2) is 0 Å². The van der Waals surface area contributed by atoms with Gasteiger partial charge < -0.3 is 4.57 Å². The van der Waals surface area contributed by atoms with Crippen LogP contribution in [0, 0.1) is 27.7 Å². The van der Waals surface area contributed by atoms with Crippen molar-refractivity contribution in [2.75, 3.05) is 0 Å². The zero-order valence-corrected chi connectivity index (χ0v) is 23.7. The van der Waals surface area contributed by atoms with E-state index in [0.29, 0.717) is 5.02 Å². The van der Waals surface area contributed by atoms with Crippen molar-refractivity contribution in [2.24, 2.45) is 0 Å². The molecule has 5 aromatic carbocycles. The van der Waals surface area contributed by atoms with Gasteiger partial charge >= 0.3 is 0 Å². The lowest BCUT2D eigenvalue weighted by molar-refractivity contribution is 1.18. The number of fused-ring (bicyclic) bond motifs is 3. The van der Waals surface area contributed by atoms with E-state index < -0.39 is 0 Å². The van der Waals surface area contributed by atoms with E-state index in [4.69, 9.17) is 11.6 Å². The second-order valence-corrected chi connectivity index (χ2v) is 11.2. The van der Waals surface area contributed by atoms with Crippen LogP contribution in [-0.2, 0) is 0 Å². The van der Waals surface area contributed by atoms with Gasteiger partial charge in [0.05, 0.1) is 16.1 Å². The molecular formula is C34H27BrClN. The number of aryl methyl sites for hydroxylation is 4. The largest absolute Gasteiger partial charge is 0.309 e. The zero-order chi connectivity index (χ0) is 25.8. The highest BCUT2D eigenvalue weighted by molar-refractivity contribution is 9.10. The molecule has 0 saturated heterocycles. The van der Waals surface area contributed by atoms with Crippen molar-refractivity contribution in [3.8, 4) is 27.9 Å². The van der Waals surface area contributed by atoms with E-state index >= 15 is 0 Å². The van der Waals surface area contributed by atoms with Crippen LogP contribution in [0.5, 0.6) is 0 Å². The maximum absolute atomic E-state index is 6.55. The monoisotopic (exact) mass is 563 g/mol. The predicted molar refractivity (Wildman–Crippen MR) is 163 cm³/mol. The normalized spacial score (nSPS) is 11.5. The molecule has 0 fully saturated rings. The van der Waals surface area contributed by atoms with Crippen LogP contribution < -0.4 is 0 Å².